The van der Waals surface area contributed by atoms with Crippen LogP contribution in [0.1, 0.15) is 21.5 Å². The van der Waals surface area contributed by atoms with E-state index in [1.807, 2.05) is 0 Å². The van der Waals surface area contributed by atoms with E-state index in [4.69, 9.17) is 5.14 Å². The summed E-state index contributed by atoms with van der Waals surface area (Å²) in [4.78, 5) is 12.0. The third kappa shape index (κ3) is 5.55. The molecular formula is C17H19FN2O3S2. The standard InChI is InChI=1S/C17H19FN2O3S2/c1-12-6-7-13(10-16(12)25(19,22)23)17(21)20-8-9-24-11-14-4-2-3-5-15(14)18/h2-7,10H,8-9,11H2,1H3,(H,20,21)(H2,19,22,23). The van der Waals surface area contributed by atoms with Crippen LogP contribution < -0.4 is 10.5 Å². The number of nitrogens with one attached hydrogen (secondary N) is 1. The Hall–Kier alpha value is -1.90. The van der Waals surface area contributed by atoms with Gasteiger partial charge in [0.15, 0.2) is 0 Å². The molecule has 0 fully saturated rings. The number of benzene rings is 2. The molecule has 8 heteroatoms. The van der Waals surface area contributed by atoms with Crippen LogP contribution in [0.3, 0.4) is 0 Å². The minimum absolute atomic E-state index is 0.0610. The summed E-state index contributed by atoms with van der Waals surface area (Å²) in [5.41, 5.74) is 1.34. The Bertz CT molecular complexity index is 870. The molecule has 0 aliphatic rings. The lowest BCUT2D eigenvalue weighted by Crippen LogP contribution is -2.26. The van der Waals surface area contributed by atoms with Gasteiger partial charge in [-0.05, 0) is 36.2 Å². The van der Waals surface area contributed by atoms with Crippen molar-refractivity contribution in [1.82, 2.24) is 5.32 Å². The first-order valence-electron chi connectivity index (χ1n) is 7.52. The van der Waals surface area contributed by atoms with Crippen LogP contribution in [0.15, 0.2) is 47.4 Å². The number of carbonyl (C=O) groups is 1. The summed E-state index contributed by atoms with van der Waals surface area (Å²) < 4.78 is 36.5. The second-order valence-electron chi connectivity index (χ2n) is 5.43. The summed E-state index contributed by atoms with van der Waals surface area (Å²) in [6, 6.07) is 10.9. The molecule has 0 bridgehead atoms. The van der Waals surface area contributed by atoms with Crippen LogP contribution in [0.25, 0.3) is 0 Å². The van der Waals surface area contributed by atoms with Gasteiger partial charge in [0.1, 0.15) is 5.82 Å². The van der Waals surface area contributed by atoms with Gasteiger partial charge in [-0.1, -0.05) is 24.3 Å². The number of hydrogen-bond donors (Lipinski definition) is 2. The summed E-state index contributed by atoms with van der Waals surface area (Å²) >= 11 is 1.50. The number of halogens is 1. The zero-order valence-electron chi connectivity index (χ0n) is 13.7. The molecule has 134 valence electrons. The van der Waals surface area contributed by atoms with Gasteiger partial charge in [-0.2, -0.15) is 11.8 Å². The topological polar surface area (TPSA) is 89.3 Å². The van der Waals surface area contributed by atoms with Crippen LogP contribution in [-0.2, 0) is 15.8 Å². The molecule has 0 atom stereocenters. The number of amides is 1. The highest BCUT2D eigenvalue weighted by molar-refractivity contribution is 7.98. The zero-order valence-corrected chi connectivity index (χ0v) is 15.3. The molecule has 0 aliphatic heterocycles. The molecule has 25 heavy (non-hydrogen) atoms. The van der Waals surface area contributed by atoms with Gasteiger partial charge in [0.05, 0.1) is 4.90 Å². The molecule has 2 rings (SSSR count). The minimum Gasteiger partial charge on any atom is -0.351 e. The van der Waals surface area contributed by atoms with Crippen molar-refractivity contribution in [2.24, 2.45) is 5.14 Å². The van der Waals surface area contributed by atoms with Crippen LogP contribution in [0.2, 0.25) is 0 Å². The fourth-order valence-electron chi connectivity index (χ4n) is 2.18. The van der Waals surface area contributed by atoms with Crippen molar-refractivity contribution in [3.63, 3.8) is 0 Å². The predicted molar refractivity (Wildman–Crippen MR) is 97.4 cm³/mol. The number of nitrogens with two attached hydrogens (primary N) is 1. The van der Waals surface area contributed by atoms with Crippen molar-refractivity contribution in [3.05, 3.63) is 65.0 Å². The molecule has 0 aliphatic carbocycles. The maximum Gasteiger partial charge on any atom is 0.251 e. The lowest BCUT2D eigenvalue weighted by Gasteiger charge is -2.08. The van der Waals surface area contributed by atoms with Crippen molar-refractivity contribution in [1.29, 1.82) is 0 Å². The van der Waals surface area contributed by atoms with E-state index in [0.717, 1.165) is 0 Å². The molecule has 2 aromatic carbocycles. The van der Waals surface area contributed by atoms with Crippen molar-refractivity contribution < 1.29 is 17.6 Å². The lowest BCUT2D eigenvalue weighted by molar-refractivity contribution is 0.0956. The molecule has 0 aromatic heterocycles. The lowest BCUT2D eigenvalue weighted by atomic mass is 10.1. The van der Waals surface area contributed by atoms with Gasteiger partial charge in [0.2, 0.25) is 10.0 Å². The predicted octanol–water partition coefficient (Wildman–Crippen LogP) is 2.44. The Balaban J connectivity index is 1.86. The third-order valence-electron chi connectivity index (χ3n) is 3.50. The Kier molecular flexibility index (Phi) is 6.57. The summed E-state index contributed by atoms with van der Waals surface area (Å²) in [6.07, 6.45) is 0. The Labute approximate surface area is 150 Å². The molecule has 1 amide bonds. The maximum absolute atomic E-state index is 13.5. The summed E-state index contributed by atoms with van der Waals surface area (Å²) in [6.45, 7) is 2.00. The van der Waals surface area contributed by atoms with Gasteiger partial charge in [0.25, 0.3) is 5.91 Å². The first-order valence-corrected chi connectivity index (χ1v) is 10.2. The van der Waals surface area contributed by atoms with E-state index in [1.54, 1.807) is 37.3 Å². The zero-order chi connectivity index (χ0) is 18.4. The van der Waals surface area contributed by atoms with Gasteiger partial charge < -0.3 is 5.32 Å². The number of primary sulfonamides is 1. The van der Waals surface area contributed by atoms with Crippen molar-refractivity contribution in [3.8, 4) is 0 Å². The van der Waals surface area contributed by atoms with Crippen LogP contribution in [-0.4, -0.2) is 26.6 Å². The molecule has 3 N–H and O–H groups in total. The molecule has 5 nitrogen and oxygen atoms in total. The first kappa shape index (κ1) is 19.4. The van der Waals surface area contributed by atoms with Crippen molar-refractivity contribution >= 4 is 27.7 Å². The van der Waals surface area contributed by atoms with E-state index in [-0.39, 0.29) is 22.2 Å². The first-order chi connectivity index (χ1) is 11.8. The number of thioether (sulfide) groups is 1. The van der Waals surface area contributed by atoms with Crippen LogP contribution in [0, 0.1) is 12.7 Å². The quantitative estimate of drug-likeness (QED) is 0.720. The molecule has 0 spiro atoms. The van der Waals surface area contributed by atoms with Crippen molar-refractivity contribution in [2.45, 2.75) is 17.6 Å². The fourth-order valence-corrected chi connectivity index (χ4v) is 3.84. The summed E-state index contributed by atoms with van der Waals surface area (Å²) in [5, 5.41) is 7.85. The number of aryl methyl sites for hydroxylation is 1. The van der Waals surface area contributed by atoms with Crippen molar-refractivity contribution in [2.75, 3.05) is 12.3 Å². The molecule has 0 saturated carbocycles. The minimum atomic E-state index is -3.87. The van der Waals surface area contributed by atoms with E-state index >= 15 is 0 Å². The molecule has 0 saturated heterocycles. The Morgan fingerprint density at radius 3 is 2.64 bits per heavy atom. The number of sulfonamides is 1. The number of hydrogen-bond acceptors (Lipinski definition) is 4. The second kappa shape index (κ2) is 8.46. The average Bonchev–Trinajstić information content (AvgIpc) is 2.55. The molecule has 0 heterocycles. The summed E-state index contributed by atoms with van der Waals surface area (Å²) in [7, 11) is -3.87. The SMILES string of the molecule is Cc1ccc(C(=O)NCCSCc2ccccc2F)cc1S(N)(=O)=O. The molecule has 0 unspecified atom stereocenters. The Morgan fingerprint density at radius 2 is 1.96 bits per heavy atom. The molecule has 0 radical (unpaired) electrons. The maximum atomic E-state index is 13.5. The second-order valence-corrected chi connectivity index (χ2v) is 8.06. The van der Waals surface area contributed by atoms with Gasteiger partial charge in [-0.15, -0.1) is 0 Å². The fraction of sp³-hybridized carbons (Fsp3) is 0.235. The highest BCUT2D eigenvalue weighted by Crippen LogP contribution is 2.16. The summed E-state index contributed by atoms with van der Waals surface area (Å²) in [5.74, 6) is 0.502. The van der Waals surface area contributed by atoms with E-state index in [0.29, 0.717) is 29.2 Å². The van der Waals surface area contributed by atoms with Gasteiger partial charge in [0, 0.05) is 23.6 Å². The van der Waals surface area contributed by atoms with E-state index < -0.39 is 10.0 Å². The van der Waals surface area contributed by atoms with Gasteiger partial charge in [-0.3, -0.25) is 4.79 Å². The highest BCUT2D eigenvalue weighted by Gasteiger charge is 2.15. The number of carbonyl (C=O) groups excluding carboxylic acids is 1. The smallest absolute Gasteiger partial charge is 0.251 e. The van der Waals surface area contributed by atoms with E-state index in [1.165, 1.54) is 23.9 Å². The Morgan fingerprint density at radius 1 is 1.24 bits per heavy atom. The average molecular weight is 382 g/mol. The van der Waals surface area contributed by atoms with Gasteiger partial charge >= 0.3 is 0 Å². The van der Waals surface area contributed by atoms with E-state index in [2.05, 4.69) is 5.32 Å². The van der Waals surface area contributed by atoms with Crippen LogP contribution in [0.4, 0.5) is 4.39 Å². The molecule has 2 aromatic rings. The van der Waals surface area contributed by atoms with E-state index in [9.17, 15) is 17.6 Å². The third-order valence-corrected chi connectivity index (χ3v) is 5.57. The van der Waals surface area contributed by atoms with Crippen LogP contribution >= 0.6 is 11.8 Å². The van der Waals surface area contributed by atoms with Gasteiger partial charge in [-0.25, -0.2) is 17.9 Å². The normalized spacial score (nSPS) is 11.3. The van der Waals surface area contributed by atoms with Crippen LogP contribution in [0.5, 0.6) is 0 Å². The number of rotatable bonds is 7. The highest BCUT2D eigenvalue weighted by atomic mass is 32.2. The molecular weight excluding hydrogens is 363 g/mol. The monoisotopic (exact) mass is 382 g/mol. The largest absolute Gasteiger partial charge is 0.351 e.